The fourth-order valence-corrected chi connectivity index (χ4v) is 2.83. The summed E-state index contributed by atoms with van der Waals surface area (Å²) in [6, 6.07) is 3.50. The van der Waals surface area contributed by atoms with Gasteiger partial charge in [-0.1, -0.05) is 18.5 Å². The number of aryl methyl sites for hydroxylation is 2. The van der Waals surface area contributed by atoms with Crippen molar-refractivity contribution in [2.45, 2.75) is 52.2 Å². The highest BCUT2D eigenvalue weighted by atomic mass is 16.5. The van der Waals surface area contributed by atoms with Crippen molar-refractivity contribution in [1.82, 2.24) is 15.5 Å². The van der Waals surface area contributed by atoms with Crippen LogP contribution < -0.4 is 10.1 Å². The zero-order valence-corrected chi connectivity index (χ0v) is 15.3. The fraction of sp³-hybridized carbons (Fsp3) is 0.526. The lowest BCUT2D eigenvalue weighted by Crippen LogP contribution is -2.35. The molecule has 1 saturated heterocycles. The summed E-state index contributed by atoms with van der Waals surface area (Å²) in [7, 11) is 0. The second-order valence-electron chi connectivity index (χ2n) is 6.48. The van der Waals surface area contributed by atoms with Crippen LogP contribution in [0.1, 0.15) is 53.6 Å². The van der Waals surface area contributed by atoms with Crippen molar-refractivity contribution in [1.29, 1.82) is 0 Å². The lowest BCUT2D eigenvalue weighted by atomic mass is 10.1. The van der Waals surface area contributed by atoms with Gasteiger partial charge >= 0.3 is 0 Å². The van der Waals surface area contributed by atoms with Gasteiger partial charge in [0.05, 0.1) is 29.5 Å². The molecule has 7 nitrogen and oxygen atoms in total. The summed E-state index contributed by atoms with van der Waals surface area (Å²) in [6.07, 6.45) is 5.42. The van der Waals surface area contributed by atoms with Crippen LogP contribution in [0, 0.1) is 6.92 Å². The maximum atomic E-state index is 12.2. The van der Waals surface area contributed by atoms with Crippen LogP contribution in [0.4, 0.5) is 0 Å². The largest absolute Gasteiger partial charge is 0.473 e. The average Bonchev–Trinajstić information content (AvgIpc) is 3.28. The Labute approximate surface area is 153 Å². The van der Waals surface area contributed by atoms with Gasteiger partial charge < -0.3 is 19.3 Å². The fourth-order valence-electron chi connectivity index (χ4n) is 2.83. The van der Waals surface area contributed by atoms with E-state index in [9.17, 15) is 4.79 Å². The van der Waals surface area contributed by atoms with E-state index in [2.05, 4.69) is 22.4 Å². The molecule has 3 rings (SSSR count). The third kappa shape index (κ3) is 4.60. The molecule has 1 fully saturated rings. The zero-order valence-electron chi connectivity index (χ0n) is 15.3. The van der Waals surface area contributed by atoms with Crippen molar-refractivity contribution in [2.24, 2.45) is 0 Å². The molecular weight excluding hydrogens is 334 g/mol. The second-order valence-corrected chi connectivity index (χ2v) is 6.48. The zero-order chi connectivity index (χ0) is 18.4. The molecule has 0 spiro atoms. The third-order valence-corrected chi connectivity index (χ3v) is 4.46. The van der Waals surface area contributed by atoms with E-state index in [4.69, 9.17) is 14.0 Å². The first-order valence-corrected chi connectivity index (χ1v) is 9.09. The number of ether oxygens (including phenoxy) is 2. The van der Waals surface area contributed by atoms with Gasteiger partial charge in [0, 0.05) is 18.9 Å². The first-order valence-electron chi connectivity index (χ1n) is 9.09. The van der Waals surface area contributed by atoms with Gasteiger partial charge in [-0.15, -0.1) is 0 Å². The summed E-state index contributed by atoms with van der Waals surface area (Å²) in [4.78, 5) is 16.4. The SMILES string of the molecule is CCCCc1noc(C)c1COc1ccc(C(=O)NC2CCOC2)cn1. The number of hydrogen-bond acceptors (Lipinski definition) is 6. The summed E-state index contributed by atoms with van der Waals surface area (Å²) in [5.41, 5.74) is 2.43. The highest BCUT2D eigenvalue weighted by Gasteiger charge is 2.19. The van der Waals surface area contributed by atoms with Crippen LogP contribution >= 0.6 is 0 Å². The number of unbranched alkanes of at least 4 members (excludes halogenated alkanes) is 1. The van der Waals surface area contributed by atoms with Gasteiger partial charge in [-0.05, 0) is 32.3 Å². The van der Waals surface area contributed by atoms with Crippen molar-refractivity contribution >= 4 is 5.91 Å². The van der Waals surface area contributed by atoms with E-state index in [1.165, 1.54) is 6.20 Å². The Hall–Kier alpha value is -2.41. The van der Waals surface area contributed by atoms with Gasteiger partial charge in [-0.2, -0.15) is 0 Å². The molecule has 2 aromatic heterocycles. The normalized spacial score (nSPS) is 16.6. The molecule has 1 amide bonds. The summed E-state index contributed by atoms with van der Waals surface area (Å²) in [5, 5.41) is 7.05. The van der Waals surface area contributed by atoms with E-state index in [-0.39, 0.29) is 11.9 Å². The summed E-state index contributed by atoms with van der Waals surface area (Å²) in [6.45, 7) is 5.64. The Morgan fingerprint density at radius 3 is 3.00 bits per heavy atom. The van der Waals surface area contributed by atoms with E-state index >= 15 is 0 Å². The lowest BCUT2D eigenvalue weighted by Gasteiger charge is -2.11. The standard InChI is InChI=1S/C19H25N3O4/c1-3-4-5-17-16(13(2)26-22-17)12-25-18-7-6-14(10-20-18)19(23)21-15-8-9-24-11-15/h6-7,10,15H,3-5,8-9,11-12H2,1-2H3,(H,21,23). The third-order valence-electron chi connectivity index (χ3n) is 4.46. The van der Waals surface area contributed by atoms with Gasteiger partial charge in [0.15, 0.2) is 0 Å². The predicted molar refractivity (Wildman–Crippen MR) is 95.1 cm³/mol. The van der Waals surface area contributed by atoms with Crippen molar-refractivity contribution < 1.29 is 18.8 Å². The lowest BCUT2D eigenvalue weighted by molar-refractivity contribution is 0.0929. The monoisotopic (exact) mass is 359 g/mol. The molecule has 1 atom stereocenters. The van der Waals surface area contributed by atoms with Crippen LogP contribution in [0.15, 0.2) is 22.9 Å². The minimum atomic E-state index is -0.142. The quantitative estimate of drug-likeness (QED) is 0.780. The molecule has 1 unspecified atom stereocenters. The van der Waals surface area contributed by atoms with E-state index in [1.54, 1.807) is 12.1 Å². The first-order chi connectivity index (χ1) is 12.7. The molecular formula is C19H25N3O4. The van der Waals surface area contributed by atoms with E-state index in [0.29, 0.717) is 31.3 Å². The molecule has 7 heteroatoms. The Morgan fingerprint density at radius 2 is 2.31 bits per heavy atom. The molecule has 2 aromatic rings. The maximum Gasteiger partial charge on any atom is 0.253 e. The molecule has 0 radical (unpaired) electrons. The van der Waals surface area contributed by atoms with Crippen molar-refractivity contribution in [3.05, 3.63) is 40.9 Å². The molecule has 0 aliphatic carbocycles. The molecule has 26 heavy (non-hydrogen) atoms. The van der Waals surface area contributed by atoms with Crippen LogP contribution in [0.3, 0.4) is 0 Å². The minimum absolute atomic E-state index is 0.0801. The topological polar surface area (TPSA) is 86.5 Å². The van der Waals surface area contributed by atoms with Crippen LogP contribution in [0.5, 0.6) is 5.88 Å². The van der Waals surface area contributed by atoms with E-state index in [0.717, 1.165) is 42.7 Å². The molecule has 1 aliphatic rings. The second kappa shape index (κ2) is 8.80. The Morgan fingerprint density at radius 1 is 1.42 bits per heavy atom. The number of carbonyl (C=O) groups excluding carboxylic acids is 1. The van der Waals surface area contributed by atoms with Crippen molar-refractivity contribution in [2.75, 3.05) is 13.2 Å². The van der Waals surface area contributed by atoms with Gasteiger partial charge in [0.25, 0.3) is 5.91 Å². The molecule has 0 aromatic carbocycles. The molecule has 0 bridgehead atoms. The molecule has 1 aliphatic heterocycles. The van der Waals surface area contributed by atoms with Crippen LogP contribution in [0.25, 0.3) is 0 Å². The van der Waals surface area contributed by atoms with Crippen LogP contribution in [-0.2, 0) is 17.8 Å². The van der Waals surface area contributed by atoms with Gasteiger partial charge in [0.2, 0.25) is 5.88 Å². The maximum absolute atomic E-state index is 12.2. The Balaban J connectivity index is 1.56. The van der Waals surface area contributed by atoms with Gasteiger partial charge in [-0.25, -0.2) is 4.98 Å². The summed E-state index contributed by atoms with van der Waals surface area (Å²) < 4.78 is 16.3. The number of aromatic nitrogens is 2. The number of hydrogen-bond donors (Lipinski definition) is 1. The number of carbonyl (C=O) groups is 1. The average molecular weight is 359 g/mol. The molecule has 3 heterocycles. The first kappa shape index (κ1) is 18.4. The predicted octanol–water partition coefficient (Wildman–Crippen LogP) is 2.82. The summed E-state index contributed by atoms with van der Waals surface area (Å²) in [5.74, 6) is 1.09. The van der Waals surface area contributed by atoms with Crippen LogP contribution in [0.2, 0.25) is 0 Å². The van der Waals surface area contributed by atoms with Gasteiger partial charge in [0.1, 0.15) is 12.4 Å². The minimum Gasteiger partial charge on any atom is -0.473 e. The van der Waals surface area contributed by atoms with Crippen LogP contribution in [-0.4, -0.2) is 35.3 Å². The number of nitrogens with one attached hydrogen (secondary N) is 1. The van der Waals surface area contributed by atoms with E-state index < -0.39 is 0 Å². The van der Waals surface area contributed by atoms with Crippen molar-refractivity contribution in [3.63, 3.8) is 0 Å². The highest BCUT2D eigenvalue weighted by molar-refractivity contribution is 5.94. The smallest absolute Gasteiger partial charge is 0.253 e. The highest BCUT2D eigenvalue weighted by Crippen LogP contribution is 2.18. The Bertz CT molecular complexity index is 721. The molecule has 0 saturated carbocycles. The number of nitrogens with zero attached hydrogens (tertiary/aromatic N) is 2. The van der Waals surface area contributed by atoms with E-state index in [1.807, 2.05) is 6.92 Å². The van der Waals surface area contributed by atoms with Crippen molar-refractivity contribution in [3.8, 4) is 5.88 Å². The molecule has 140 valence electrons. The molecule has 1 N–H and O–H groups in total. The number of amides is 1. The number of pyridine rings is 1. The number of rotatable bonds is 8. The summed E-state index contributed by atoms with van der Waals surface area (Å²) >= 11 is 0. The van der Waals surface area contributed by atoms with Gasteiger partial charge in [-0.3, -0.25) is 4.79 Å². The Kier molecular flexibility index (Phi) is 6.22.